The van der Waals surface area contributed by atoms with Gasteiger partial charge in [0.15, 0.2) is 17.5 Å². The molecule has 2 N–H and O–H groups in total. The van der Waals surface area contributed by atoms with Crippen LogP contribution in [0.25, 0.3) is 0 Å². The van der Waals surface area contributed by atoms with Gasteiger partial charge < -0.3 is 15.3 Å². The molecular formula is C13H13F3N2O3. The average molecular weight is 302 g/mol. The number of hydrogen-bond donors (Lipinski definition) is 2. The number of rotatable bonds is 3. The van der Waals surface area contributed by atoms with Crippen molar-refractivity contribution in [2.75, 3.05) is 18.4 Å². The van der Waals surface area contributed by atoms with Crippen LogP contribution in [0.15, 0.2) is 12.1 Å². The zero-order valence-corrected chi connectivity index (χ0v) is 11.1. The highest BCUT2D eigenvalue weighted by Gasteiger charge is 2.37. The van der Waals surface area contributed by atoms with Crippen LogP contribution in [0, 0.1) is 29.3 Å². The Morgan fingerprint density at radius 2 is 1.90 bits per heavy atom. The molecule has 0 spiro atoms. The predicted molar refractivity (Wildman–Crippen MR) is 67.2 cm³/mol. The lowest BCUT2D eigenvalue weighted by molar-refractivity contribution is -0.144. The Kier molecular flexibility index (Phi) is 4.06. The molecule has 0 aliphatic carbocycles. The summed E-state index contributed by atoms with van der Waals surface area (Å²) in [5, 5.41) is 11.0. The van der Waals surface area contributed by atoms with Crippen molar-refractivity contribution < 1.29 is 27.9 Å². The maximum atomic E-state index is 13.4. The molecule has 1 saturated heterocycles. The summed E-state index contributed by atoms with van der Waals surface area (Å²) in [5.74, 6) is -6.19. The van der Waals surface area contributed by atoms with E-state index in [1.165, 1.54) is 11.8 Å². The Morgan fingerprint density at radius 3 is 2.48 bits per heavy atom. The van der Waals surface area contributed by atoms with Gasteiger partial charge in [-0.15, -0.1) is 0 Å². The van der Waals surface area contributed by atoms with Crippen LogP contribution in [0.1, 0.15) is 6.92 Å². The van der Waals surface area contributed by atoms with Gasteiger partial charge >= 0.3 is 12.0 Å². The van der Waals surface area contributed by atoms with Gasteiger partial charge in [-0.05, 0) is 12.1 Å². The summed E-state index contributed by atoms with van der Waals surface area (Å²) in [6.45, 7) is 1.96. The number of urea groups is 1. The van der Waals surface area contributed by atoms with Crippen molar-refractivity contribution in [1.29, 1.82) is 0 Å². The fourth-order valence-corrected chi connectivity index (χ4v) is 2.01. The molecule has 1 aromatic rings. The number of hydrogen-bond acceptors (Lipinski definition) is 2. The van der Waals surface area contributed by atoms with E-state index in [-0.39, 0.29) is 19.0 Å². The Labute approximate surface area is 118 Å². The first-order valence-electron chi connectivity index (χ1n) is 6.23. The SMILES string of the molecule is CC(C(=O)O)C1CN(C(=O)Nc2ccc(F)c(F)c2F)C1. The van der Waals surface area contributed by atoms with Crippen molar-refractivity contribution in [3.63, 3.8) is 0 Å². The molecule has 1 atom stereocenters. The molecule has 8 heteroatoms. The first-order valence-corrected chi connectivity index (χ1v) is 6.23. The highest BCUT2D eigenvalue weighted by Crippen LogP contribution is 2.26. The van der Waals surface area contributed by atoms with E-state index in [9.17, 15) is 22.8 Å². The lowest BCUT2D eigenvalue weighted by Crippen LogP contribution is -2.54. The predicted octanol–water partition coefficient (Wildman–Crippen LogP) is 2.29. The summed E-state index contributed by atoms with van der Waals surface area (Å²) in [7, 11) is 0. The zero-order valence-electron chi connectivity index (χ0n) is 11.1. The average Bonchev–Trinajstić information content (AvgIpc) is 2.37. The number of nitrogens with one attached hydrogen (secondary N) is 1. The van der Waals surface area contributed by atoms with E-state index in [4.69, 9.17) is 5.11 Å². The van der Waals surface area contributed by atoms with Crippen LogP contribution in [0.5, 0.6) is 0 Å². The van der Waals surface area contributed by atoms with E-state index < -0.39 is 41.1 Å². The Bertz CT molecular complexity index is 588. The number of aliphatic carboxylic acids is 1. The van der Waals surface area contributed by atoms with E-state index in [1.54, 1.807) is 0 Å². The van der Waals surface area contributed by atoms with Crippen LogP contribution in [-0.4, -0.2) is 35.1 Å². The monoisotopic (exact) mass is 302 g/mol. The van der Waals surface area contributed by atoms with E-state index in [0.29, 0.717) is 6.07 Å². The zero-order chi connectivity index (χ0) is 15.7. The van der Waals surface area contributed by atoms with E-state index in [1.807, 2.05) is 0 Å². The molecule has 2 rings (SSSR count). The number of carboxylic acid groups (broad SMARTS) is 1. The molecule has 1 aliphatic heterocycles. The number of halogens is 3. The molecule has 5 nitrogen and oxygen atoms in total. The maximum absolute atomic E-state index is 13.4. The van der Waals surface area contributed by atoms with Gasteiger partial charge in [-0.2, -0.15) is 0 Å². The second-order valence-corrected chi connectivity index (χ2v) is 4.95. The molecule has 114 valence electrons. The summed E-state index contributed by atoms with van der Waals surface area (Å²) in [6, 6.07) is 0.941. The van der Waals surface area contributed by atoms with E-state index in [0.717, 1.165) is 6.07 Å². The summed E-state index contributed by atoms with van der Waals surface area (Å²) in [6.07, 6.45) is 0. The standard InChI is InChI=1S/C13H13F3N2O3/c1-6(12(19)20)7-4-18(5-7)13(21)17-9-3-2-8(14)10(15)11(9)16/h2-3,6-7H,4-5H2,1H3,(H,17,21)(H,19,20). The van der Waals surface area contributed by atoms with Gasteiger partial charge in [-0.3, -0.25) is 4.79 Å². The molecule has 0 bridgehead atoms. The van der Waals surface area contributed by atoms with Crippen LogP contribution >= 0.6 is 0 Å². The molecule has 1 fully saturated rings. The smallest absolute Gasteiger partial charge is 0.321 e. The third-order valence-electron chi connectivity index (χ3n) is 3.57. The van der Waals surface area contributed by atoms with Crippen LogP contribution in [0.2, 0.25) is 0 Å². The highest BCUT2D eigenvalue weighted by atomic mass is 19.2. The molecule has 21 heavy (non-hydrogen) atoms. The van der Waals surface area contributed by atoms with Crippen LogP contribution < -0.4 is 5.32 Å². The molecule has 1 aliphatic rings. The Morgan fingerprint density at radius 1 is 1.29 bits per heavy atom. The molecule has 0 saturated carbocycles. The number of nitrogens with zero attached hydrogens (tertiary/aromatic N) is 1. The quantitative estimate of drug-likeness (QED) is 0.842. The topological polar surface area (TPSA) is 69.6 Å². The minimum atomic E-state index is -1.66. The van der Waals surface area contributed by atoms with Gasteiger partial charge in [0.05, 0.1) is 11.6 Å². The van der Waals surface area contributed by atoms with Crippen molar-refractivity contribution in [3.8, 4) is 0 Å². The first-order chi connectivity index (χ1) is 9.81. The van der Waals surface area contributed by atoms with Gasteiger partial charge in [0.25, 0.3) is 0 Å². The van der Waals surface area contributed by atoms with Crippen molar-refractivity contribution in [3.05, 3.63) is 29.6 Å². The van der Waals surface area contributed by atoms with Crippen LogP contribution in [0.4, 0.5) is 23.7 Å². The Balaban J connectivity index is 1.96. The minimum absolute atomic E-state index is 0.178. The Hall–Kier alpha value is -2.25. The highest BCUT2D eigenvalue weighted by molar-refractivity contribution is 5.90. The van der Waals surface area contributed by atoms with Crippen LogP contribution in [-0.2, 0) is 4.79 Å². The lowest BCUT2D eigenvalue weighted by atomic mass is 9.87. The molecule has 2 amide bonds. The van der Waals surface area contributed by atoms with E-state index >= 15 is 0 Å². The number of benzene rings is 1. The summed E-state index contributed by atoms with van der Waals surface area (Å²) in [5.41, 5.74) is -0.464. The number of carboxylic acids is 1. The van der Waals surface area contributed by atoms with Crippen molar-refractivity contribution in [2.24, 2.45) is 11.8 Å². The molecule has 0 radical (unpaired) electrons. The fraction of sp³-hybridized carbons (Fsp3) is 0.385. The maximum Gasteiger partial charge on any atom is 0.321 e. The third kappa shape index (κ3) is 2.93. The number of likely N-dealkylation sites (tertiary alicyclic amines) is 1. The van der Waals surface area contributed by atoms with Crippen molar-refractivity contribution >= 4 is 17.7 Å². The summed E-state index contributed by atoms with van der Waals surface area (Å²) >= 11 is 0. The largest absolute Gasteiger partial charge is 0.481 e. The first kappa shape index (κ1) is 15.1. The van der Waals surface area contributed by atoms with Gasteiger partial charge in [-0.1, -0.05) is 6.92 Å². The second-order valence-electron chi connectivity index (χ2n) is 4.95. The van der Waals surface area contributed by atoms with Gasteiger partial charge in [0.1, 0.15) is 0 Å². The van der Waals surface area contributed by atoms with Gasteiger partial charge in [0, 0.05) is 19.0 Å². The van der Waals surface area contributed by atoms with Crippen molar-refractivity contribution in [1.82, 2.24) is 4.90 Å². The molecule has 1 aromatic carbocycles. The molecule has 1 heterocycles. The fourth-order valence-electron chi connectivity index (χ4n) is 2.01. The normalized spacial score (nSPS) is 16.3. The molecule has 1 unspecified atom stereocenters. The summed E-state index contributed by atoms with van der Waals surface area (Å²) < 4.78 is 39.2. The lowest BCUT2D eigenvalue weighted by Gasteiger charge is -2.41. The minimum Gasteiger partial charge on any atom is -0.481 e. The number of carbonyl (C=O) groups excluding carboxylic acids is 1. The second kappa shape index (κ2) is 5.63. The number of anilines is 1. The third-order valence-corrected chi connectivity index (χ3v) is 3.57. The molecule has 0 aromatic heterocycles. The summed E-state index contributed by atoms with van der Waals surface area (Å²) in [4.78, 5) is 23.8. The van der Waals surface area contributed by atoms with Gasteiger partial charge in [-0.25, -0.2) is 18.0 Å². The number of carbonyl (C=O) groups is 2. The van der Waals surface area contributed by atoms with Crippen molar-refractivity contribution in [2.45, 2.75) is 6.92 Å². The van der Waals surface area contributed by atoms with Crippen LogP contribution in [0.3, 0.4) is 0 Å². The van der Waals surface area contributed by atoms with E-state index in [2.05, 4.69) is 5.32 Å². The van der Waals surface area contributed by atoms with Gasteiger partial charge in [0.2, 0.25) is 0 Å². The molecular weight excluding hydrogens is 289 g/mol. The number of amides is 2.